The van der Waals surface area contributed by atoms with Gasteiger partial charge in [0.2, 0.25) is 0 Å². The predicted octanol–water partition coefficient (Wildman–Crippen LogP) is 4.88. The zero-order chi connectivity index (χ0) is 14.9. The Bertz CT molecular complexity index is 567. The largest absolute Gasteiger partial charge is 0.494 e. The molecule has 0 aliphatic carbocycles. The number of nitrogens with one attached hydrogen (secondary N) is 1. The van der Waals surface area contributed by atoms with Crippen LogP contribution in [0.5, 0.6) is 5.75 Å². The Morgan fingerprint density at radius 1 is 1.10 bits per heavy atom. The Morgan fingerprint density at radius 3 is 2.48 bits per heavy atom. The molecule has 0 fully saturated rings. The molecule has 1 N–H and O–H groups in total. The van der Waals surface area contributed by atoms with Gasteiger partial charge in [-0.2, -0.15) is 5.10 Å². The molecule has 0 saturated carbocycles. The maximum absolute atomic E-state index is 6.18. The number of unbranched alkanes of at least 4 members (excludes halogenated alkanes) is 1. The molecule has 0 heterocycles. The Morgan fingerprint density at radius 2 is 1.81 bits per heavy atom. The van der Waals surface area contributed by atoms with E-state index in [1.165, 1.54) is 0 Å². The summed E-state index contributed by atoms with van der Waals surface area (Å²) in [4.78, 5) is 0. The molecule has 0 bridgehead atoms. The van der Waals surface area contributed by atoms with Gasteiger partial charge in [0.15, 0.2) is 5.17 Å². The van der Waals surface area contributed by atoms with E-state index < -0.39 is 0 Å². The number of anilines is 1. The van der Waals surface area contributed by atoms with Gasteiger partial charge in [-0.25, -0.2) is 0 Å². The lowest BCUT2D eigenvalue weighted by Crippen LogP contribution is -1.99. The number of para-hydroxylation sites is 1. The molecule has 0 spiro atoms. The van der Waals surface area contributed by atoms with Crippen molar-refractivity contribution in [2.45, 2.75) is 19.8 Å². The van der Waals surface area contributed by atoms with Gasteiger partial charge < -0.3 is 4.74 Å². The first kappa shape index (κ1) is 15.4. The second-order valence-corrected chi connectivity index (χ2v) is 4.96. The molecular formula is C17H19ClN2O. The molecule has 21 heavy (non-hydrogen) atoms. The third-order valence-corrected chi connectivity index (χ3v) is 3.22. The van der Waals surface area contributed by atoms with Crippen molar-refractivity contribution in [2.24, 2.45) is 5.10 Å². The number of nitrogens with zero attached hydrogens (tertiary/aromatic N) is 1. The molecule has 0 radical (unpaired) electrons. The molecular weight excluding hydrogens is 284 g/mol. The molecule has 0 aliphatic heterocycles. The van der Waals surface area contributed by atoms with Crippen molar-refractivity contribution >= 4 is 22.5 Å². The summed E-state index contributed by atoms with van der Waals surface area (Å²) in [7, 11) is 0. The van der Waals surface area contributed by atoms with Crippen molar-refractivity contribution in [1.82, 2.24) is 0 Å². The second-order valence-electron chi connectivity index (χ2n) is 4.61. The number of halogens is 1. The molecule has 0 amide bonds. The minimum Gasteiger partial charge on any atom is -0.494 e. The van der Waals surface area contributed by atoms with E-state index in [0.717, 1.165) is 36.4 Å². The highest BCUT2D eigenvalue weighted by atomic mass is 35.5. The number of hydrogen-bond acceptors (Lipinski definition) is 3. The molecule has 0 atom stereocenters. The van der Waals surface area contributed by atoms with Crippen molar-refractivity contribution in [3.8, 4) is 5.75 Å². The summed E-state index contributed by atoms with van der Waals surface area (Å²) in [6, 6.07) is 17.3. The van der Waals surface area contributed by atoms with E-state index in [9.17, 15) is 0 Å². The van der Waals surface area contributed by atoms with Crippen LogP contribution in [0.25, 0.3) is 0 Å². The van der Waals surface area contributed by atoms with Crippen molar-refractivity contribution < 1.29 is 4.74 Å². The maximum Gasteiger partial charge on any atom is 0.156 e. The molecule has 0 saturated heterocycles. The fourth-order valence-corrected chi connectivity index (χ4v) is 1.88. The number of hydrogen-bond donors (Lipinski definition) is 1. The topological polar surface area (TPSA) is 33.6 Å². The van der Waals surface area contributed by atoms with Crippen LogP contribution in [-0.4, -0.2) is 11.8 Å². The van der Waals surface area contributed by atoms with E-state index in [4.69, 9.17) is 16.3 Å². The van der Waals surface area contributed by atoms with Gasteiger partial charge in [0.25, 0.3) is 0 Å². The number of rotatable bonds is 7. The van der Waals surface area contributed by atoms with Gasteiger partial charge in [-0.05, 0) is 42.8 Å². The van der Waals surface area contributed by atoms with E-state index in [1.807, 2.05) is 54.6 Å². The van der Waals surface area contributed by atoms with Crippen LogP contribution in [0.15, 0.2) is 59.7 Å². The summed E-state index contributed by atoms with van der Waals surface area (Å²) in [5.41, 5.74) is 4.67. The van der Waals surface area contributed by atoms with Gasteiger partial charge in [0.05, 0.1) is 12.3 Å². The van der Waals surface area contributed by atoms with Crippen LogP contribution >= 0.6 is 11.6 Å². The first-order chi connectivity index (χ1) is 10.3. The third-order valence-electron chi connectivity index (χ3n) is 2.92. The fraction of sp³-hybridized carbons (Fsp3) is 0.235. The van der Waals surface area contributed by atoms with E-state index in [1.54, 1.807) is 0 Å². The minimum atomic E-state index is 0.416. The van der Waals surface area contributed by atoms with Gasteiger partial charge in [-0.1, -0.05) is 43.1 Å². The number of ether oxygens (including phenoxy) is 1. The van der Waals surface area contributed by atoms with Crippen LogP contribution in [0.4, 0.5) is 5.69 Å². The molecule has 4 heteroatoms. The highest BCUT2D eigenvalue weighted by molar-refractivity contribution is 6.69. The first-order valence-electron chi connectivity index (χ1n) is 7.07. The Kier molecular flexibility index (Phi) is 6.10. The smallest absolute Gasteiger partial charge is 0.156 e. The Labute approximate surface area is 130 Å². The van der Waals surface area contributed by atoms with Gasteiger partial charge in [0, 0.05) is 5.56 Å². The van der Waals surface area contributed by atoms with Gasteiger partial charge in [-0.15, -0.1) is 0 Å². The molecule has 2 aromatic carbocycles. The molecule has 0 unspecified atom stereocenters. The van der Waals surface area contributed by atoms with Crippen LogP contribution in [-0.2, 0) is 0 Å². The van der Waals surface area contributed by atoms with Crippen LogP contribution in [0.1, 0.15) is 25.3 Å². The van der Waals surface area contributed by atoms with Crippen LogP contribution in [0.3, 0.4) is 0 Å². The van der Waals surface area contributed by atoms with E-state index in [2.05, 4.69) is 17.5 Å². The minimum absolute atomic E-state index is 0.416. The molecule has 110 valence electrons. The second kappa shape index (κ2) is 8.32. The monoisotopic (exact) mass is 302 g/mol. The van der Waals surface area contributed by atoms with Crippen LogP contribution in [0.2, 0.25) is 0 Å². The quantitative estimate of drug-likeness (QED) is 0.449. The normalized spacial score (nSPS) is 11.2. The van der Waals surface area contributed by atoms with Crippen molar-refractivity contribution in [3.63, 3.8) is 0 Å². The van der Waals surface area contributed by atoms with Crippen molar-refractivity contribution in [1.29, 1.82) is 0 Å². The van der Waals surface area contributed by atoms with Crippen LogP contribution < -0.4 is 10.2 Å². The average Bonchev–Trinajstić information content (AvgIpc) is 2.54. The predicted molar refractivity (Wildman–Crippen MR) is 89.3 cm³/mol. The van der Waals surface area contributed by atoms with Gasteiger partial charge >= 0.3 is 0 Å². The maximum atomic E-state index is 6.18. The lowest BCUT2D eigenvalue weighted by molar-refractivity contribution is 0.309. The lowest BCUT2D eigenvalue weighted by Gasteiger charge is -2.06. The summed E-state index contributed by atoms with van der Waals surface area (Å²) in [6.07, 6.45) is 2.19. The Balaban J connectivity index is 1.94. The molecule has 2 aromatic rings. The van der Waals surface area contributed by atoms with Crippen molar-refractivity contribution in [2.75, 3.05) is 12.0 Å². The molecule has 2 rings (SSSR count). The lowest BCUT2D eigenvalue weighted by atomic mass is 10.2. The summed E-state index contributed by atoms with van der Waals surface area (Å²) in [6.45, 7) is 2.88. The summed E-state index contributed by atoms with van der Waals surface area (Å²) in [5, 5.41) is 4.58. The van der Waals surface area contributed by atoms with E-state index in [-0.39, 0.29) is 0 Å². The zero-order valence-corrected chi connectivity index (χ0v) is 12.8. The van der Waals surface area contributed by atoms with E-state index in [0.29, 0.717) is 5.17 Å². The summed E-state index contributed by atoms with van der Waals surface area (Å²) < 4.78 is 5.61. The summed E-state index contributed by atoms with van der Waals surface area (Å²) in [5.74, 6) is 0.854. The van der Waals surface area contributed by atoms with Gasteiger partial charge in [-0.3, -0.25) is 5.43 Å². The number of benzene rings is 2. The molecule has 0 aliphatic rings. The third kappa shape index (κ3) is 5.12. The summed E-state index contributed by atoms with van der Waals surface area (Å²) >= 11 is 6.18. The fourth-order valence-electron chi connectivity index (χ4n) is 1.71. The first-order valence-corrected chi connectivity index (χ1v) is 7.45. The Hall–Kier alpha value is -2.00. The number of hydrazone groups is 1. The molecule has 0 aromatic heterocycles. The molecule has 3 nitrogen and oxygen atoms in total. The van der Waals surface area contributed by atoms with Gasteiger partial charge in [0.1, 0.15) is 5.75 Å². The highest BCUT2D eigenvalue weighted by Crippen LogP contribution is 2.15. The SMILES string of the molecule is CCCCOc1ccc(/C(Cl)=N/Nc2ccccc2)cc1. The van der Waals surface area contributed by atoms with E-state index >= 15 is 0 Å². The zero-order valence-electron chi connectivity index (χ0n) is 12.1. The standard InChI is InChI=1S/C17H19ClN2O/c1-2-3-13-21-16-11-9-14(10-12-16)17(18)20-19-15-7-5-4-6-8-15/h4-12,19H,2-3,13H2,1H3/b20-17-. The van der Waals surface area contributed by atoms with Crippen molar-refractivity contribution in [3.05, 3.63) is 60.2 Å². The average molecular weight is 303 g/mol. The van der Waals surface area contributed by atoms with Crippen LogP contribution in [0, 0.1) is 0 Å². The highest BCUT2D eigenvalue weighted by Gasteiger charge is 2.01.